The minimum atomic E-state index is -4.45. The van der Waals surface area contributed by atoms with Crippen molar-refractivity contribution < 1.29 is 50.4 Å². The van der Waals surface area contributed by atoms with Crippen LogP contribution in [0, 0.1) is 0 Å². The van der Waals surface area contributed by atoms with E-state index in [1.807, 2.05) is 0 Å². The molecule has 0 aromatic carbocycles. The Morgan fingerprint density at radius 2 is 0.952 bits per heavy atom. The van der Waals surface area contributed by atoms with Crippen molar-refractivity contribution in [3.8, 4) is 0 Å². The third-order valence-electron chi connectivity index (χ3n) is 2.75. The fraction of sp³-hybridized carbons (Fsp3) is 1.00. The second-order valence-corrected chi connectivity index (χ2v) is 7.88. The lowest BCUT2D eigenvalue weighted by atomic mass is 10.0. The zero-order valence-corrected chi connectivity index (χ0v) is 12.3. The lowest BCUT2D eigenvalue weighted by molar-refractivity contribution is -0.00260. The molecule has 122 valence electrons. The summed E-state index contributed by atoms with van der Waals surface area (Å²) in [5, 5.41) is 0. The van der Waals surface area contributed by atoms with Gasteiger partial charge in [0.25, 0.3) is 0 Å². The smallest absolute Gasteiger partial charge is 0.245 e. The monoisotopic (exact) mass is 368 g/mol. The highest BCUT2D eigenvalue weighted by atomic mass is 32.3. The summed E-state index contributed by atoms with van der Waals surface area (Å²) < 4.78 is 93.7. The van der Waals surface area contributed by atoms with Gasteiger partial charge in [0.2, 0.25) is 0 Å². The average molecular weight is 368 g/mol. The van der Waals surface area contributed by atoms with Crippen molar-refractivity contribution in [3.63, 3.8) is 0 Å². The molecule has 3 saturated heterocycles. The molecule has 3 fully saturated rings. The Bertz CT molecular complexity index is 676. The second-order valence-electron chi connectivity index (χ2n) is 4.18. The molecular formula is C6H8O12S3. The molecule has 15 heteroatoms. The molecule has 3 heterocycles. The van der Waals surface area contributed by atoms with Gasteiger partial charge >= 0.3 is 31.2 Å². The third-order valence-corrected chi connectivity index (χ3v) is 5.48. The Morgan fingerprint density at radius 3 is 1.24 bits per heavy atom. The molecule has 3 rings (SSSR count). The van der Waals surface area contributed by atoms with Crippen molar-refractivity contribution in [1.29, 1.82) is 0 Å². The van der Waals surface area contributed by atoms with Crippen molar-refractivity contribution in [2.24, 2.45) is 0 Å². The van der Waals surface area contributed by atoms with E-state index in [2.05, 4.69) is 25.1 Å². The quantitative estimate of drug-likeness (QED) is 0.498. The topological polar surface area (TPSA) is 158 Å². The highest BCUT2D eigenvalue weighted by Crippen LogP contribution is 2.33. The van der Waals surface area contributed by atoms with Crippen molar-refractivity contribution in [3.05, 3.63) is 0 Å². The van der Waals surface area contributed by atoms with E-state index in [-0.39, 0.29) is 0 Å². The molecular weight excluding hydrogens is 360 g/mol. The van der Waals surface area contributed by atoms with Crippen LogP contribution in [0.4, 0.5) is 0 Å². The van der Waals surface area contributed by atoms with Crippen LogP contribution in [0.2, 0.25) is 0 Å². The molecule has 0 aromatic rings. The molecule has 0 bridgehead atoms. The lowest BCUT2D eigenvalue weighted by Gasteiger charge is -2.20. The SMILES string of the molecule is O=S1(=O)OCC(C2OS(=O)(=O)OC2C2COS(=O)(=O)O2)O1. The Morgan fingerprint density at radius 1 is 0.571 bits per heavy atom. The summed E-state index contributed by atoms with van der Waals surface area (Å²) in [5.74, 6) is 0. The molecule has 0 N–H and O–H groups in total. The van der Waals surface area contributed by atoms with Crippen LogP contribution in [0.15, 0.2) is 0 Å². The second kappa shape index (κ2) is 4.80. The molecule has 0 aliphatic carbocycles. The van der Waals surface area contributed by atoms with E-state index in [9.17, 15) is 25.3 Å². The van der Waals surface area contributed by atoms with E-state index in [1.54, 1.807) is 0 Å². The first-order chi connectivity index (χ1) is 9.57. The van der Waals surface area contributed by atoms with Crippen LogP contribution in [0.25, 0.3) is 0 Å². The van der Waals surface area contributed by atoms with Crippen LogP contribution in [0.1, 0.15) is 0 Å². The summed E-state index contributed by atoms with van der Waals surface area (Å²) in [6, 6.07) is 0. The van der Waals surface area contributed by atoms with E-state index in [4.69, 9.17) is 0 Å². The van der Waals surface area contributed by atoms with Gasteiger partial charge in [-0.1, -0.05) is 0 Å². The largest absolute Gasteiger partial charge is 0.400 e. The van der Waals surface area contributed by atoms with E-state index in [0.29, 0.717) is 0 Å². The summed E-state index contributed by atoms with van der Waals surface area (Å²) in [6.45, 7) is -1.02. The molecule has 21 heavy (non-hydrogen) atoms. The maximum atomic E-state index is 11.4. The summed E-state index contributed by atoms with van der Waals surface area (Å²) >= 11 is 0. The van der Waals surface area contributed by atoms with Gasteiger partial charge in [-0.25, -0.2) is 25.1 Å². The van der Waals surface area contributed by atoms with E-state index in [1.165, 1.54) is 0 Å². The maximum absolute atomic E-state index is 11.4. The predicted octanol–water partition coefficient (Wildman–Crippen LogP) is -2.66. The molecule has 0 spiro atoms. The predicted molar refractivity (Wildman–Crippen MR) is 58.2 cm³/mol. The fourth-order valence-electron chi connectivity index (χ4n) is 1.97. The summed E-state index contributed by atoms with van der Waals surface area (Å²) in [6.07, 6.45) is -5.59. The fourth-order valence-corrected chi connectivity index (χ4v) is 4.67. The first-order valence-electron chi connectivity index (χ1n) is 5.34. The van der Waals surface area contributed by atoms with Gasteiger partial charge in [-0.15, -0.1) is 0 Å². The van der Waals surface area contributed by atoms with Crippen LogP contribution < -0.4 is 0 Å². The molecule has 0 aromatic heterocycles. The van der Waals surface area contributed by atoms with Gasteiger partial charge < -0.3 is 0 Å². The van der Waals surface area contributed by atoms with Gasteiger partial charge in [0.05, 0.1) is 13.2 Å². The zero-order chi connectivity index (χ0) is 15.5. The summed E-state index contributed by atoms with van der Waals surface area (Å²) in [4.78, 5) is 0. The first-order valence-corrected chi connectivity index (χ1v) is 9.34. The minimum absolute atomic E-state index is 0.511. The molecule has 3 aliphatic rings. The number of hydrogen-bond donors (Lipinski definition) is 0. The zero-order valence-electron chi connectivity index (χ0n) is 9.85. The van der Waals surface area contributed by atoms with Gasteiger partial charge in [-0.05, 0) is 0 Å². The number of rotatable bonds is 2. The number of hydrogen-bond acceptors (Lipinski definition) is 12. The first kappa shape index (κ1) is 15.5. The Hall–Kier alpha value is -0.390. The molecule has 4 atom stereocenters. The van der Waals surface area contributed by atoms with Crippen LogP contribution in [-0.4, -0.2) is 62.9 Å². The van der Waals surface area contributed by atoms with Crippen LogP contribution in [0.3, 0.4) is 0 Å². The Kier molecular flexibility index (Phi) is 3.54. The van der Waals surface area contributed by atoms with Gasteiger partial charge in [0.1, 0.15) is 24.4 Å². The highest BCUT2D eigenvalue weighted by Gasteiger charge is 2.55. The molecule has 4 unspecified atom stereocenters. The van der Waals surface area contributed by atoms with Crippen LogP contribution in [-0.2, 0) is 56.3 Å². The van der Waals surface area contributed by atoms with Crippen molar-refractivity contribution in [1.82, 2.24) is 0 Å². The van der Waals surface area contributed by atoms with E-state index in [0.717, 1.165) is 0 Å². The van der Waals surface area contributed by atoms with Gasteiger partial charge in [-0.3, -0.25) is 0 Å². The standard InChI is InChI=1S/C6H8O12S3/c7-19(8)13-1-3(15-19)5-6(18-21(11,12)17-5)4-2-14-20(9,10)16-4/h3-6H,1-2H2. The van der Waals surface area contributed by atoms with Crippen molar-refractivity contribution >= 4 is 31.2 Å². The Balaban J connectivity index is 1.84. The molecule has 0 radical (unpaired) electrons. The lowest BCUT2D eigenvalue weighted by Crippen LogP contribution is -2.44. The van der Waals surface area contributed by atoms with Gasteiger partial charge in [-0.2, -0.15) is 25.3 Å². The van der Waals surface area contributed by atoms with Crippen molar-refractivity contribution in [2.75, 3.05) is 13.2 Å². The van der Waals surface area contributed by atoms with E-state index < -0.39 is 68.8 Å². The normalized spacial score (nSPS) is 44.0. The summed E-state index contributed by atoms with van der Waals surface area (Å²) in [7, 11) is -13.0. The molecule has 12 nitrogen and oxygen atoms in total. The highest BCUT2D eigenvalue weighted by molar-refractivity contribution is 7.82. The van der Waals surface area contributed by atoms with Gasteiger partial charge in [0, 0.05) is 0 Å². The van der Waals surface area contributed by atoms with Crippen LogP contribution >= 0.6 is 0 Å². The summed E-state index contributed by atoms with van der Waals surface area (Å²) in [5.41, 5.74) is 0. The molecule has 3 aliphatic heterocycles. The molecule has 0 amide bonds. The maximum Gasteiger partial charge on any atom is 0.400 e. The molecule has 0 saturated carbocycles. The third kappa shape index (κ3) is 3.20. The van der Waals surface area contributed by atoms with E-state index >= 15 is 0 Å². The average Bonchev–Trinajstić information content (AvgIpc) is 2.94. The Labute approximate surface area is 119 Å². The van der Waals surface area contributed by atoms with Crippen LogP contribution in [0.5, 0.6) is 0 Å². The minimum Gasteiger partial charge on any atom is -0.245 e. The van der Waals surface area contributed by atoms with Crippen molar-refractivity contribution in [2.45, 2.75) is 24.4 Å². The van der Waals surface area contributed by atoms with Gasteiger partial charge in [0.15, 0.2) is 0 Å².